The monoisotopic (exact) mass is 395 g/mol. The van der Waals surface area contributed by atoms with Crippen molar-refractivity contribution in [2.75, 3.05) is 5.32 Å². The normalized spacial score (nSPS) is 11.9. The molecule has 0 bridgehead atoms. The Morgan fingerprint density at radius 2 is 1.59 bits per heavy atom. The predicted molar refractivity (Wildman–Crippen MR) is 108 cm³/mol. The first-order valence-corrected chi connectivity index (χ1v) is 9.11. The van der Waals surface area contributed by atoms with Gasteiger partial charge in [-0.3, -0.25) is 0 Å². The Morgan fingerprint density at radius 1 is 0.815 bits per heavy atom. The summed E-state index contributed by atoms with van der Waals surface area (Å²) >= 11 is 12.4. The van der Waals surface area contributed by atoms with Crippen LogP contribution in [0, 0.1) is 0 Å². The Kier molecular flexibility index (Phi) is 5.10. The van der Waals surface area contributed by atoms with E-state index in [2.05, 4.69) is 15.5 Å². The van der Waals surface area contributed by atoms with Crippen LogP contribution >= 0.6 is 23.2 Å². The van der Waals surface area contributed by atoms with Gasteiger partial charge >= 0.3 is 0 Å². The highest BCUT2D eigenvalue weighted by Crippen LogP contribution is 2.31. The lowest BCUT2D eigenvalue weighted by Crippen LogP contribution is -2.12. The first-order valence-electron chi connectivity index (χ1n) is 8.36. The number of anilines is 1. The molecule has 0 aliphatic carbocycles. The summed E-state index contributed by atoms with van der Waals surface area (Å²) in [5, 5.41) is 13.1. The molecule has 4 aromatic rings. The molecule has 6 heteroatoms. The molecule has 0 radical (unpaired) electrons. The molecule has 1 aromatic heterocycles. The molecule has 1 atom stereocenters. The fourth-order valence-electron chi connectivity index (χ4n) is 2.77. The summed E-state index contributed by atoms with van der Waals surface area (Å²) in [5.74, 6) is 0.820. The van der Waals surface area contributed by atoms with E-state index in [1.807, 2.05) is 72.8 Å². The summed E-state index contributed by atoms with van der Waals surface area (Å²) in [5.41, 5.74) is 2.55. The molecule has 3 aromatic carbocycles. The minimum Gasteiger partial charge on any atom is -0.418 e. The van der Waals surface area contributed by atoms with Crippen LogP contribution in [0.3, 0.4) is 0 Å². The summed E-state index contributed by atoms with van der Waals surface area (Å²) in [7, 11) is 0. The number of benzene rings is 3. The Hall–Kier alpha value is -2.82. The van der Waals surface area contributed by atoms with Gasteiger partial charge in [0.15, 0.2) is 0 Å². The summed E-state index contributed by atoms with van der Waals surface area (Å²) in [6.45, 7) is 0. The lowest BCUT2D eigenvalue weighted by atomic mass is 10.1. The van der Waals surface area contributed by atoms with Crippen LogP contribution in [0.2, 0.25) is 10.0 Å². The van der Waals surface area contributed by atoms with Gasteiger partial charge in [0.05, 0.1) is 10.6 Å². The van der Waals surface area contributed by atoms with Gasteiger partial charge in [-0.2, -0.15) is 0 Å². The smallest absolute Gasteiger partial charge is 0.249 e. The summed E-state index contributed by atoms with van der Waals surface area (Å²) in [4.78, 5) is 0. The Balaban J connectivity index is 1.72. The molecular formula is C21H15Cl2N3O. The van der Waals surface area contributed by atoms with Gasteiger partial charge in [-0.25, -0.2) is 0 Å². The number of aromatic nitrogens is 2. The van der Waals surface area contributed by atoms with Crippen LogP contribution in [0.25, 0.3) is 11.5 Å². The number of hydrogen-bond acceptors (Lipinski definition) is 4. The lowest BCUT2D eigenvalue weighted by molar-refractivity contribution is 0.494. The van der Waals surface area contributed by atoms with Crippen molar-refractivity contribution in [2.24, 2.45) is 0 Å². The first-order chi connectivity index (χ1) is 13.2. The highest BCUT2D eigenvalue weighted by molar-refractivity contribution is 6.33. The average Bonchev–Trinajstić information content (AvgIpc) is 3.17. The highest BCUT2D eigenvalue weighted by Gasteiger charge is 2.22. The van der Waals surface area contributed by atoms with Crippen LogP contribution < -0.4 is 5.32 Å². The topological polar surface area (TPSA) is 51.0 Å². The SMILES string of the molecule is Clc1cccc(N[C@H](c2ccccc2)c2nnc(-c3ccccc3Cl)o2)c1. The third kappa shape index (κ3) is 3.97. The molecule has 1 heterocycles. The Bertz CT molecular complexity index is 1050. The number of nitrogens with zero attached hydrogens (tertiary/aromatic N) is 2. The van der Waals surface area contributed by atoms with Crippen molar-refractivity contribution in [1.29, 1.82) is 0 Å². The molecule has 0 aliphatic heterocycles. The van der Waals surface area contributed by atoms with Crippen molar-refractivity contribution in [2.45, 2.75) is 6.04 Å². The molecule has 0 fully saturated rings. The molecule has 0 unspecified atom stereocenters. The van der Waals surface area contributed by atoms with Gasteiger partial charge in [-0.05, 0) is 35.9 Å². The van der Waals surface area contributed by atoms with Crippen molar-refractivity contribution in [1.82, 2.24) is 10.2 Å². The van der Waals surface area contributed by atoms with E-state index in [1.165, 1.54) is 0 Å². The van der Waals surface area contributed by atoms with Crippen LogP contribution in [0.4, 0.5) is 5.69 Å². The number of hydrogen-bond donors (Lipinski definition) is 1. The molecule has 134 valence electrons. The molecule has 27 heavy (non-hydrogen) atoms. The fraction of sp³-hybridized carbons (Fsp3) is 0.0476. The minimum atomic E-state index is -0.326. The van der Waals surface area contributed by atoms with Crippen molar-refractivity contribution in [3.63, 3.8) is 0 Å². The molecule has 0 saturated carbocycles. The average molecular weight is 396 g/mol. The fourth-order valence-corrected chi connectivity index (χ4v) is 3.18. The zero-order chi connectivity index (χ0) is 18.6. The first kappa shape index (κ1) is 17.6. The highest BCUT2D eigenvalue weighted by atomic mass is 35.5. The van der Waals surface area contributed by atoms with Crippen LogP contribution in [-0.2, 0) is 0 Å². The quantitative estimate of drug-likeness (QED) is 0.434. The Morgan fingerprint density at radius 3 is 2.37 bits per heavy atom. The number of nitrogens with one attached hydrogen (secondary N) is 1. The van der Waals surface area contributed by atoms with Crippen LogP contribution in [-0.4, -0.2) is 10.2 Å². The van der Waals surface area contributed by atoms with Gasteiger partial charge in [-0.1, -0.05) is 71.7 Å². The summed E-state index contributed by atoms with van der Waals surface area (Å²) in [6.07, 6.45) is 0. The van der Waals surface area contributed by atoms with E-state index in [0.717, 1.165) is 11.3 Å². The summed E-state index contributed by atoms with van der Waals surface area (Å²) < 4.78 is 5.97. The zero-order valence-corrected chi connectivity index (χ0v) is 15.7. The van der Waals surface area contributed by atoms with Crippen LogP contribution in [0.15, 0.2) is 83.3 Å². The maximum absolute atomic E-state index is 6.25. The van der Waals surface area contributed by atoms with E-state index in [4.69, 9.17) is 27.6 Å². The molecule has 1 N–H and O–H groups in total. The Labute approximate surface area is 166 Å². The van der Waals surface area contributed by atoms with Gasteiger partial charge in [0.1, 0.15) is 6.04 Å². The number of halogens is 2. The van der Waals surface area contributed by atoms with Crippen molar-refractivity contribution >= 4 is 28.9 Å². The van der Waals surface area contributed by atoms with E-state index in [9.17, 15) is 0 Å². The van der Waals surface area contributed by atoms with E-state index < -0.39 is 0 Å². The van der Waals surface area contributed by atoms with E-state index >= 15 is 0 Å². The largest absolute Gasteiger partial charge is 0.418 e. The molecule has 0 spiro atoms. The summed E-state index contributed by atoms with van der Waals surface area (Å²) in [6, 6.07) is 24.4. The second kappa shape index (κ2) is 7.82. The van der Waals surface area contributed by atoms with Gasteiger partial charge in [0, 0.05) is 10.7 Å². The van der Waals surface area contributed by atoms with Gasteiger partial charge in [0.2, 0.25) is 11.8 Å². The third-order valence-electron chi connectivity index (χ3n) is 4.06. The zero-order valence-electron chi connectivity index (χ0n) is 14.1. The lowest BCUT2D eigenvalue weighted by Gasteiger charge is -2.17. The molecule has 0 amide bonds. The predicted octanol–water partition coefficient (Wildman–Crippen LogP) is 6.24. The van der Waals surface area contributed by atoms with Gasteiger partial charge in [-0.15, -0.1) is 10.2 Å². The molecule has 4 nitrogen and oxygen atoms in total. The minimum absolute atomic E-state index is 0.326. The maximum Gasteiger partial charge on any atom is 0.249 e. The van der Waals surface area contributed by atoms with E-state index in [-0.39, 0.29) is 6.04 Å². The molecule has 0 saturated heterocycles. The molecular weight excluding hydrogens is 381 g/mol. The van der Waals surface area contributed by atoms with Crippen molar-refractivity contribution in [3.05, 3.63) is 100 Å². The van der Waals surface area contributed by atoms with Crippen molar-refractivity contribution < 1.29 is 4.42 Å². The van der Waals surface area contributed by atoms with Gasteiger partial charge < -0.3 is 9.73 Å². The number of rotatable bonds is 5. The van der Waals surface area contributed by atoms with E-state index in [1.54, 1.807) is 6.07 Å². The second-order valence-corrected chi connectivity index (χ2v) is 6.77. The molecule has 4 rings (SSSR count). The molecule has 0 aliphatic rings. The van der Waals surface area contributed by atoms with Crippen LogP contribution in [0.5, 0.6) is 0 Å². The maximum atomic E-state index is 6.25. The second-order valence-electron chi connectivity index (χ2n) is 5.92. The standard InChI is InChI=1S/C21H15Cl2N3O/c22-15-9-6-10-16(13-15)24-19(14-7-2-1-3-8-14)21-26-25-20(27-21)17-11-4-5-12-18(17)23/h1-13,19,24H/t19-/m1/s1. The van der Waals surface area contributed by atoms with Crippen molar-refractivity contribution in [3.8, 4) is 11.5 Å². The third-order valence-corrected chi connectivity index (χ3v) is 4.63. The van der Waals surface area contributed by atoms with Crippen LogP contribution in [0.1, 0.15) is 17.5 Å². The van der Waals surface area contributed by atoms with E-state index in [0.29, 0.717) is 27.4 Å². The van der Waals surface area contributed by atoms with Gasteiger partial charge in [0.25, 0.3) is 0 Å².